The molecule has 3 aromatic carbocycles. The number of rotatable bonds is 13. The molecule has 3 aromatic rings. The number of unbranched alkanes of at least 4 members (excludes halogenated alkanes) is 1. The van der Waals surface area contributed by atoms with Crippen molar-refractivity contribution < 1.29 is 33.3 Å². The van der Waals surface area contributed by atoms with Gasteiger partial charge in [-0.25, -0.2) is 5.43 Å². The molecular formula is C29H32N4O7. The van der Waals surface area contributed by atoms with Crippen LogP contribution in [0.4, 0.5) is 11.4 Å². The van der Waals surface area contributed by atoms with Crippen LogP contribution < -0.4 is 35.0 Å². The molecule has 0 heterocycles. The number of amides is 3. The van der Waals surface area contributed by atoms with Gasteiger partial charge in [-0.2, -0.15) is 5.10 Å². The number of carbonyl (C=O) groups excluding carboxylic acids is 3. The summed E-state index contributed by atoms with van der Waals surface area (Å²) in [5, 5.41) is 9.05. The molecule has 210 valence electrons. The van der Waals surface area contributed by atoms with Gasteiger partial charge >= 0.3 is 11.8 Å². The van der Waals surface area contributed by atoms with Gasteiger partial charge < -0.3 is 29.6 Å². The van der Waals surface area contributed by atoms with Crippen molar-refractivity contribution in [3.05, 3.63) is 72.3 Å². The molecule has 0 bridgehead atoms. The van der Waals surface area contributed by atoms with Crippen LogP contribution in [0.1, 0.15) is 25.3 Å². The van der Waals surface area contributed by atoms with Crippen LogP contribution >= 0.6 is 0 Å². The van der Waals surface area contributed by atoms with Gasteiger partial charge in [0.25, 0.3) is 5.91 Å². The van der Waals surface area contributed by atoms with E-state index < -0.39 is 11.8 Å². The molecule has 40 heavy (non-hydrogen) atoms. The minimum Gasteiger partial charge on any atom is -0.497 e. The molecule has 0 unspecified atom stereocenters. The number of nitrogens with zero attached hydrogens (tertiary/aromatic N) is 1. The van der Waals surface area contributed by atoms with E-state index in [0.29, 0.717) is 46.5 Å². The van der Waals surface area contributed by atoms with Crippen molar-refractivity contribution in [1.29, 1.82) is 0 Å². The number of hydrogen-bond donors (Lipinski definition) is 3. The number of ether oxygens (including phenoxy) is 4. The highest BCUT2D eigenvalue weighted by Gasteiger charge is 2.13. The van der Waals surface area contributed by atoms with E-state index in [1.54, 1.807) is 73.8 Å². The van der Waals surface area contributed by atoms with Crippen molar-refractivity contribution in [3.63, 3.8) is 0 Å². The summed E-state index contributed by atoms with van der Waals surface area (Å²) in [6.07, 6.45) is 3.33. The Hall–Kier alpha value is -5.06. The smallest absolute Gasteiger partial charge is 0.329 e. The van der Waals surface area contributed by atoms with Crippen molar-refractivity contribution in [1.82, 2.24) is 5.43 Å². The fourth-order valence-electron chi connectivity index (χ4n) is 3.30. The first-order valence-electron chi connectivity index (χ1n) is 12.5. The van der Waals surface area contributed by atoms with Gasteiger partial charge in [-0.3, -0.25) is 14.4 Å². The molecule has 3 rings (SSSR count). The van der Waals surface area contributed by atoms with E-state index in [4.69, 9.17) is 18.9 Å². The van der Waals surface area contributed by atoms with E-state index in [2.05, 4.69) is 28.1 Å². The van der Waals surface area contributed by atoms with Crippen LogP contribution in [0.2, 0.25) is 0 Å². The minimum absolute atomic E-state index is 0.249. The Bertz CT molecular complexity index is 1330. The Morgan fingerprint density at radius 3 is 2.33 bits per heavy atom. The third kappa shape index (κ3) is 9.35. The molecule has 0 saturated heterocycles. The highest BCUT2D eigenvalue weighted by Crippen LogP contribution is 2.27. The van der Waals surface area contributed by atoms with Crippen LogP contribution in [0, 0.1) is 0 Å². The van der Waals surface area contributed by atoms with Gasteiger partial charge in [-0.1, -0.05) is 19.4 Å². The zero-order valence-corrected chi connectivity index (χ0v) is 22.6. The maximum Gasteiger partial charge on any atom is 0.329 e. The summed E-state index contributed by atoms with van der Waals surface area (Å²) in [5.41, 5.74) is 3.76. The zero-order valence-electron chi connectivity index (χ0n) is 22.6. The second kappa shape index (κ2) is 15.4. The number of anilines is 2. The third-order valence-electron chi connectivity index (χ3n) is 5.36. The molecule has 0 aliphatic carbocycles. The Morgan fingerprint density at radius 1 is 0.800 bits per heavy atom. The highest BCUT2D eigenvalue weighted by atomic mass is 16.5. The number of hydrogen-bond acceptors (Lipinski definition) is 8. The van der Waals surface area contributed by atoms with Crippen LogP contribution in [-0.2, 0) is 14.4 Å². The van der Waals surface area contributed by atoms with Crippen LogP contribution in [0.3, 0.4) is 0 Å². The summed E-state index contributed by atoms with van der Waals surface area (Å²) in [7, 11) is 3.00. The molecule has 0 aliphatic heterocycles. The number of nitrogens with one attached hydrogen (secondary N) is 3. The lowest BCUT2D eigenvalue weighted by Gasteiger charge is -2.12. The molecule has 11 nitrogen and oxygen atoms in total. The first-order valence-corrected chi connectivity index (χ1v) is 12.5. The minimum atomic E-state index is -0.937. The SMILES string of the molecule is CCCCOc1ccc(NC(=O)C(=O)N/N=C\c2ccc(OCC(=O)Nc3cccc(OC)c3)c(OC)c2)cc1. The van der Waals surface area contributed by atoms with Crippen LogP contribution in [0.25, 0.3) is 0 Å². The van der Waals surface area contributed by atoms with E-state index in [9.17, 15) is 14.4 Å². The van der Waals surface area contributed by atoms with E-state index >= 15 is 0 Å². The van der Waals surface area contributed by atoms with Crippen molar-refractivity contribution in [2.75, 3.05) is 38.1 Å². The average Bonchev–Trinajstić information content (AvgIpc) is 2.97. The van der Waals surface area contributed by atoms with Crippen LogP contribution in [0.5, 0.6) is 23.0 Å². The summed E-state index contributed by atoms with van der Waals surface area (Å²) in [6.45, 7) is 2.45. The van der Waals surface area contributed by atoms with Gasteiger partial charge in [0.05, 0.1) is 27.0 Å². The van der Waals surface area contributed by atoms with E-state index in [-0.39, 0.29) is 12.5 Å². The van der Waals surface area contributed by atoms with Crippen molar-refractivity contribution in [3.8, 4) is 23.0 Å². The van der Waals surface area contributed by atoms with Crippen molar-refractivity contribution in [2.24, 2.45) is 5.10 Å². The maximum absolute atomic E-state index is 12.3. The van der Waals surface area contributed by atoms with Gasteiger partial charge in [-0.15, -0.1) is 0 Å². The molecule has 0 aromatic heterocycles. The number of methoxy groups -OCH3 is 2. The molecular weight excluding hydrogens is 516 g/mol. The number of benzene rings is 3. The van der Waals surface area contributed by atoms with Gasteiger partial charge in [-0.05, 0) is 66.6 Å². The molecule has 0 fully saturated rings. The summed E-state index contributed by atoms with van der Waals surface area (Å²) in [4.78, 5) is 36.6. The van der Waals surface area contributed by atoms with Crippen molar-refractivity contribution in [2.45, 2.75) is 19.8 Å². The Morgan fingerprint density at radius 2 is 1.60 bits per heavy atom. The lowest BCUT2D eigenvalue weighted by atomic mass is 10.2. The predicted molar refractivity (Wildman–Crippen MR) is 151 cm³/mol. The predicted octanol–water partition coefficient (Wildman–Crippen LogP) is 3.99. The largest absolute Gasteiger partial charge is 0.497 e. The van der Waals surface area contributed by atoms with Crippen molar-refractivity contribution >= 4 is 35.3 Å². The molecule has 3 N–H and O–H groups in total. The average molecular weight is 549 g/mol. The Balaban J connectivity index is 1.48. The standard InChI is InChI=1S/C29H32N4O7/c1-4-5-15-39-23-12-10-21(11-13-23)32-28(35)29(36)33-30-18-20-9-14-25(26(16-20)38-3)40-19-27(34)31-22-7-6-8-24(17-22)37-2/h6-14,16-18H,4-5,15,19H2,1-3H3,(H,31,34)(H,32,35)(H,33,36)/b30-18-. The fourth-order valence-corrected chi connectivity index (χ4v) is 3.30. The van der Waals surface area contributed by atoms with Gasteiger partial charge in [0, 0.05) is 17.4 Å². The second-order valence-corrected chi connectivity index (χ2v) is 8.36. The third-order valence-corrected chi connectivity index (χ3v) is 5.36. The fraction of sp³-hybridized carbons (Fsp3) is 0.241. The van der Waals surface area contributed by atoms with E-state index in [1.807, 2.05) is 0 Å². The van der Waals surface area contributed by atoms with E-state index in [0.717, 1.165) is 12.8 Å². The van der Waals surface area contributed by atoms with Gasteiger partial charge in [0.2, 0.25) is 0 Å². The normalized spacial score (nSPS) is 10.5. The molecule has 0 saturated carbocycles. The summed E-state index contributed by atoms with van der Waals surface area (Å²) >= 11 is 0. The molecule has 0 atom stereocenters. The molecule has 0 spiro atoms. The van der Waals surface area contributed by atoms with E-state index in [1.165, 1.54) is 13.3 Å². The highest BCUT2D eigenvalue weighted by molar-refractivity contribution is 6.39. The topological polar surface area (TPSA) is 137 Å². The lowest BCUT2D eigenvalue weighted by Crippen LogP contribution is -2.32. The first-order chi connectivity index (χ1) is 19.4. The Labute approximate surface area is 232 Å². The number of carbonyl (C=O) groups is 3. The molecule has 0 radical (unpaired) electrons. The van der Waals surface area contributed by atoms with Gasteiger partial charge in [0.15, 0.2) is 18.1 Å². The van der Waals surface area contributed by atoms with Crippen LogP contribution in [-0.4, -0.2) is 51.4 Å². The quantitative estimate of drug-likeness (QED) is 0.127. The number of hydrazone groups is 1. The van der Waals surface area contributed by atoms with Gasteiger partial charge in [0.1, 0.15) is 11.5 Å². The second-order valence-electron chi connectivity index (χ2n) is 8.36. The summed E-state index contributed by atoms with van der Waals surface area (Å²) in [5.74, 6) is -0.177. The van der Waals surface area contributed by atoms with Crippen LogP contribution in [0.15, 0.2) is 71.8 Å². The lowest BCUT2D eigenvalue weighted by molar-refractivity contribution is -0.136. The summed E-state index contributed by atoms with van der Waals surface area (Å²) in [6, 6.07) is 18.5. The molecule has 3 amide bonds. The first kappa shape index (κ1) is 29.5. The Kier molecular flexibility index (Phi) is 11.3. The molecule has 0 aliphatic rings. The molecule has 11 heteroatoms. The monoisotopic (exact) mass is 548 g/mol. The summed E-state index contributed by atoms with van der Waals surface area (Å²) < 4.78 is 21.7. The maximum atomic E-state index is 12.3. The zero-order chi connectivity index (χ0) is 28.7.